The predicted octanol–water partition coefficient (Wildman–Crippen LogP) is -0.242. The molecule has 6 heteroatoms. The third-order valence-electron chi connectivity index (χ3n) is 3.18. The van der Waals surface area contributed by atoms with Gasteiger partial charge in [0.1, 0.15) is 0 Å². The Balaban J connectivity index is 2.47. The number of aliphatic hydroxyl groups is 1. The fourth-order valence-corrected chi connectivity index (χ4v) is 3.59. The normalized spacial score (nSPS) is 22.2. The number of nitrogens with two attached hydrogens (primary N) is 1. The van der Waals surface area contributed by atoms with E-state index < -0.39 is 10.0 Å². The molecule has 0 radical (unpaired) electrons. The highest BCUT2D eigenvalue weighted by atomic mass is 32.2. The summed E-state index contributed by atoms with van der Waals surface area (Å²) >= 11 is 0. The Labute approximate surface area is 97.7 Å². The van der Waals surface area contributed by atoms with Crippen molar-refractivity contribution in [3.05, 3.63) is 0 Å². The lowest BCUT2D eigenvalue weighted by Gasteiger charge is -2.32. The molecular weight excluding hydrogens is 228 g/mol. The van der Waals surface area contributed by atoms with Crippen LogP contribution in [0.5, 0.6) is 0 Å². The maximum atomic E-state index is 11.8. The summed E-state index contributed by atoms with van der Waals surface area (Å²) in [4.78, 5) is 0. The molecule has 1 unspecified atom stereocenters. The number of sulfonamides is 1. The van der Waals surface area contributed by atoms with Gasteiger partial charge in [-0.15, -0.1) is 0 Å². The summed E-state index contributed by atoms with van der Waals surface area (Å²) in [5.74, 6) is 0.379. The Bertz CT molecular complexity index is 295. The van der Waals surface area contributed by atoms with Crippen LogP contribution in [0.3, 0.4) is 0 Å². The SMILES string of the molecule is CC(O)C1CCN(S(=O)(=O)CCCN)CC1. The molecule has 96 valence electrons. The fourth-order valence-electron chi connectivity index (χ4n) is 2.03. The minimum atomic E-state index is -3.12. The van der Waals surface area contributed by atoms with Crippen molar-refractivity contribution >= 4 is 10.0 Å². The molecule has 1 aliphatic heterocycles. The largest absolute Gasteiger partial charge is 0.393 e. The first kappa shape index (κ1) is 13.9. The average molecular weight is 250 g/mol. The van der Waals surface area contributed by atoms with Crippen LogP contribution in [0.25, 0.3) is 0 Å². The van der Waals surface area contributed by atoms with E-state index >= 15 is 0 Å². The van der Waals surface area contributed by atoms with Crippen molar-refractivity contribution in [3.63, 3.8) is 0 Å². The minimum Gasteiger partial charge on any atom is -0.393 e. The topological polar surface area (TPSA) is 83.6 Å². The van der Waals surface area contributed by atoms with Crippen molar-refractivity contribution < 1.29 is 13.5 Å². The quantitative estimate of drug-likeness (QED) is 0.705. The van der Waals surface area contributed by atoms with Gasteiger partial charge >= 0.3 is 0 Å². The number of hydrogen-bond acceptors (Lipinski definition) is 4. The lowest BCUT2D eigenvalue weighted by molar-refractivity contribution is 0.0912. The van der Waals surface area contributed by atoms with E-state index in [-0.39, 0.29) is 17.8 Å². The van der Waals surface area contributed by atoms with Crippen LogP contribution in [0, 0.1) is 5.92 Å². The van der Waals surface area contributed by atoms with Crippen molar-refractivity contribution in [2.75, 3.05) is 25.4 Å². The summed E-state index contributed by atoms with van der Waals surface area (Å²) in [5, 5.41) is 9.42. The van der Waals surface area contributed by atoms with Gasteiger partial charge < -0.3 is 10.8 Å². The van der Waals surface area contributed by atoms with Gasteiger partial charge in [0.05, 0.1) is 11.9 Å². The van der Waals surface area contributed by atoms with Gasteiger partial charge in [-0.25, -0.2) is 12.7 Å². The van der Waals surface area contributed by atoms with Gasteiger partial charge in [0, 0.05) is 13.1 Å². The van der Waals surface area contributed by atoms with Crippen LogP contribution < -0.4 is 5.73 Å². The highest BCUT2D eigenvalue weighted by Crippen LogP contribution is 2.22. The van der Waals surface area contributed by atoms with Gasteiger partial charge in [0.25, 0.3) is 0 Å². The Kier molecular flexibility index (Phi) is 5.17. The molecule has 1 heterocycles. The molecule has 1 saturated heterocycles. The van der Waals surface area contributed by atoms with E-state index in [4.69, 9.17) is 5.73 Å². The molecule has 0 aromatic rings. The zero-order chi connectivity index (χ0) is 12.2. The molecule has 0 aromatic heterocycles. The molecule has 1 aliphatic rings. The number of piperidine rings is 1. The number of rotatable bonds is 5. The second kappa shape index (κ2) is 5.95. The predicted molar refractivity (Wildman–Crippen MR) is 63.4 cm³/mol. The summed E-state index contributed by atoms with van der Waals surface area (Å²) in [5.41, 5.74) is 5.31. The summed E-state index contributed by atoms with van der Waals surface area (Å²) < 4.78 is 25.2. The molecule has 0 saturated carbocycles. The van der Waals surface area contributed by atoms with Crippen LogP contribution in [-0.4, -0.2) is 49.3 Å². The monoisotopic (exact) mass is 250 g/mol. The lowest BCUT2D eigenvalue weighted by atomic mass is 9.93. The molecular formula is C10H22N2O3S. The number of aliphatic hydroxyl groups excluding tert-OH is 1. The van der Waals surface area contributed by atoms with Crippen LogP contribution >= 0.6 is 0 Å². The van der Waals surface area contributed by atoms with E-state index in [9.17, 15) is 13.5 Å². The summed E-state index contributed by atoms with van der Waals surface area (Å²) in [6, 6.07) is 0. The molecule has 0 bridgehead atoms. The zero-order valence-electron chi connectivity index (χ0n) is 9.80. The second-order valence-corrected chi connectivity index (χ2v) is 6.52. The van der Waals surface area contributed by atoms with Crippen molar-refractivity contribution in [3.8, 4) is 0 Å². The van der Waals surface area contributed by atoms with Crippen LogP contribution in [0.4, 0.5) is 0 Å². The molecule has 0 aromatic carbocycles. The minimum absolute atomic E-state index is 0.142. The van der Waals surface area contributed by atoms with Gasteiger partial charge in [0.2, 0.25) is 10.0 Å². The molecule has 0 amide bonds. The van der Waals surface area contributed by atoms with Crippen LogP contribution in [-0.2, 0) is 10.0 Å². The molecule has 0 aliphatic carbocycles. The first-order chi connectivity index (χ1) is 7.47. The van der Waals surface area contributed by atoms with Gasteiger partial charge in [-0.05, 0) is 38.6 Å². The highest BCUT2D eigenvalue weighted by Gasteiger charge is 2.29. The Morgan fingerprint density at radius 3 is 2.44 bits per heavy atom. The van der Waals surface area contributed by atoms with E-state index in [0.29, 0.717) is 26.1 Å². The molecule has 5 nitrogen and oxygen atoms in total. The highest BCUT2D eigenvalue weighted by molar-refractivity contribution is 7.89. The Morgan fingerprint density at radius 1 is 1.44 bits per heavy atom. The van der Waals surface area contributed by atoms with Crippen LogP contribution in [0.1, 0.15) is 26.2 Å². The molecule has 16 heavy (non-hydrogen) atoms. The van der Waals surface area contributed by atoms with Crippen molar-refractivity contribution in [2.45, 2.75) is 32.3 Å². The summed E-state index contributed by atoms with van der Waals surface area (Å²) in [7, 11) is -3.12. The van der Waals surface area contributed by atoms with Gasteiger partial charge in [0.15, 0.2) is 0 Å². The smallest absolute Gasteiger partial charge is 0.214 e. The number of hydrogen-bond donors (Lipinski definition) is 2. The fraction of sp³-hybridized carbons (Fsp3) is 1.00. The molecule has 1 fully saturated rings. The van der Waals surface area contributed by atoms with E-state index in [1.165, 1.54) is 4.31 Å². The van der Waals surface area contributed by atoms with Crippen LogP contribution in [0.2, 0.25) is 0 Å². The third-order valence-corrected chi connectivity index (χ3v) is 5.14. The zero-order valence-corrected chi connectivity index (χ0v) is 10.6. The standard InChI is InChI=1S/C10H22N2O3S/c1-9(13)10-3-6-12(7-4-10)16(14,15)8-2-5-11/h9-10,13H,2-8,11H2,1H3. The van der Waals surface area contributed by atoms with E-state index in [2.05, 4.69) is 0 Å². The molecule has 1 rings (SSSR count). The first-order valence-electron chi connectivity index (χ1n) is 5.83. The average Bonchev–Trinajstić information content (AvgIpc) is 2.26. The maximum Gasteiger partial charge on any atom is 0.214 e. The van der Waals surface area contributed by atoms with Gasteiger partial charge in [-0.1, -0.05) is 0 Å². The third kappa shape index (κ3) is 3.69. The van der Waals surface area contributed by atoms with E-state index in [0.717, 1.165) is 12.8 Å². The summed E-state index contributed by atoms with van der Waals surface area (Å²) in [6.07, 6.45) is 1.67. The molecule has 3 N–H and O–H groups in total. The van der Waals surface area contributed by atoms with E-state index in [1.54, 1.807) is 6.92 Å². The maximum absolute atomic E-state index is 11.8. The lowest BCUT2D eigenvalue weighted by Crippen LogP contribution is -2.41. The van der Waals surface area contributed by atoms with Crippen molar-refractivity contribution in [1.82, 2.24) is 4.31 Å². The Morgan fingerprint density at radius 2 is 2.00 bits per heavy atom. The van der Waals surface area contributed by atoms with Gasteiger partial charge in [-0.2, -0.15) is 0 Å². The van der Waals surface area contributed by atoms with E-state index in [1.807, 2.05) is 0 Å². The van der Waals surface area contributed by atoms with Gasteiger partial charge in [-0.3, -0.25) is 0 Å². The molecule has 1 atom stereocenters. The first-order valence-corrected chi connectivity index (χ1v) is 7.44. The van der Waals surface area contributed by atoms with Crippen molar-refractivity contribution in [1.29, 1.82) is 0 Å². The molecule has 0 spiro atoms. The second-order valence-electron chi connectivity index (χ2n) is 4.44. The number of nitrogens with zero attached hydrogens (tertiary/aromatic N) is 1. The summed E-state index contributed by atoms with van der Waals surface area (Å²) in [6.45, 7) is 3.23. The van der Waals surface area contributed by atoms with Crippen LogP contribution in [0.15, 0.2) is 0 Å². The Hall–Kier alpha value is -0.170. The van der Waals surface area contributed by atoms with Crippen molar-refractivity contribution in [2.24, 2.45) is 11.7 Å².